The fourth-order valence-electron chi connectivity index (χ4n) is 3.45. The van der Waals surface area contributed by atoms with Crippen molar-refractivity contribution in [3.05, 3.63) is 84.8 Å². The van der Waals surface area contributed by atoms with Crippen LogP contribution in [0.15, 0.2) is 88.2 Å². The third kappa shape index (κ3) is 5.84. The Hall–Kier alpha value is -3.47. The molecule has 0 fully saturated rings. The summed E-state index contributed by atoms with van der Waals surface area (Å²) in [5.41, 5.74) is 2.51. The van der Waals surface area contributed by atoms with Gasteiger partial charge in [0.1, 0.15) is 5.82 Å². The van der Waals surface area contributed by atoms with Crippen molar-refractivity contribution in [3.8, 4) is 0 Å². The number of amides is 2. The van der Waals surface area contributed by atoms with Gasteiger partial charge in [0.2, 0.25) is 11.8 Å². The average molecular weight is 535 g/mol. The minimum Gasteiger partial charge on any atom is -0.325 e. The van der Waals surface area contributed by atoms with Crippen LogP contribution in [0, 0.1) is 5.82 Å². The number of benzene rings is 3. The van der Waals surface area contributed by atoms with Gasteiger partial charge in [-0.05, 0) is 42.5 Å². The molecule has 2 amide bonds. The van der Waals surface area contributed by atoms with Crippen LogP contribution in [0.3, 0.4) is 0 Å². The summed E-state index contributed by atoms with van der Waals surface area (Å²) < 4.78 is 15.3. The summed E-state index contributed by atoms with van der Waals surface area (Å²) in [5.74, 6) is -0.530. The van der Waals surface area contributed by atoms with Crippen LogP contribution in [0.25, 0.3) is 21.1 Å². The van der Waals surface area contributed by atoms with Crippen molar-refractivity contribution in [1.29, 1.82) is 0 Å². The van der Waals surface area contributed by atoms with Gasteiger partial charge in [0.15, 0.2) is 4.34 Å². The molecule has 5 rings (SSSR count). The number of thiazole rings is 1. The lowest BCUT2D eigenvalue weighted by Crippen LogP contribution is -2.14. The van der Waals surface area contributed by atoms with Gasteiger partial charge >= 0.3 is 0 Å². The van der Waals surface area contributed by atoms with Crippen LogP contribution < -0.4 is 10.6 Å². The van der Waals surface area contributed by atoms with Gasteiger partial charge in [-0.3, -0.25) is 14.6 Å². The molecule has 0 aliphatic heterocycles. The summed E-state index contributed by atoms with van der Waals surface area (Å²) in [6, 6.07) is 21.4. The standard InChI is InChI=1S/C26H19FN4O2S3/c27-18-7-1-2-8-19(18)30-24(33)15-35-26-31-20-11-10-17(13-22(20)36-26)29-23(32)14-34-21-9-3-5-16-6-4-12-28-25(16)21/h1-13H,14-15H2,(H,29,32)(H,30,33). The smallest absolute Gasteiger partial charge is 0.234 e. The number of aromatic nitrogens is 2. The van der Waals surface area contributed by atoms with E-state index in [1.54, 1.807) is 18.3 Å². The first-order chi connectivity index (χ1) is 17.5. The second-order valence-electron chi connectivity index (χ2n) is 7.65. The largest absolute Gasteiger partial charge is 0.325 e. The number of carbonyl (C=O) groups excluding carboxylic acids is 2. The van der Waals surface area contributed by atoms with E-state index in [0.717, 1.165) is 30.4 Å². The molecule has 0 spiro atoms. The maximum Gasteiger partial charge on any atom is 0.234 e. The quantitative estimate of drug-likeness (QED) is 0.223. The number of pyridine rings is 1. The zero-order valence-electron chi connectivity index (χ0n) is 18.7. The SMILES string of the molecule is O=C(CSc1cccc2cccnc12)Nc1ccc2nc(SCC(=O)Nc3ccccc3F)sc2c1. The highest BCUT2D eigenvalue weighted by Gasteiger charge is 2.12. The molecule has 5 aromatic rings. The molecular formula is C26H19FN4O2S3. The average Bonchev–Trinajstić information content (AvgIpc) is 3.30. The van der Waals surface area contributed by atoms with E-state index in [-0.39, 0.29) is 29.0 Å². The summed E-state index contributed by atoms with van der Waals surface area (Å²) in [7, 11) is 0. The van der Waals surface area contributed by atoms with Gasteiger partial charge in [0.25, 0.3) is 0 Å². The van der Waals surface area contributed by atoms with Crippen LogP contribution in [0.4, 0.5) is 15.8 Å². The van der Waals surface area contributed by atoms with Crippen molar-refractivity contribution in [2.45, 2.75) is 9.24 Å². The maximum absolute atomic E-state index is 13.7. The Morgan fingerprint density at radius 1 is 0.889 bits per heavy atom. The lowest BCUT2D eigenvalue weighted by Gasteiger charge is -2.07. The van der Waals surface area contributed by atoms with Crippen molar-refractivity contribution in [1.82, 2.24) is 9.97 Å². The first-order valence-corrected chi connectivity index (χ1v) is 13.7. The number of para-hydroxylation sites is 2. The Bertz CT molecular complexity index is 1570. The maximum atomic E-state index is 13.7. The van der Waals surface area contributed by atoms with Gasteiger partial charge in [-0.2, -0.15) is 0 Å². The molecule has 0 unspecified atom stereocenters. The van der Waals surface area contributed by atoms with Crippen LogP contribution in [0.2, 0.25) is 0 Å². The Morgan fingerprint density at radius 3 is 2.58 bits per heavy atom. The fourth-order valence-corrected chi connectivity index (χ4v) is 6.20. The third-order valence-corrected chi connectivity index (χ3v) is 8.29. The lowest BCUT2D eigenvalue weighted by atomic mass is 10.2. The highest BCUT2D eigenvalue weighted by Crippen LogP contribution is 2.32. The molecule has 2 N–H and O–H groups in total. The van der Waals surface area contributed by atoms with E-state index in [2.05, 4.69) is 20.6 Å². The van der Waals surface area contributed by atoms with Gasteiger partial charge in [0.05, 0.1) is 32.9 Å². The lowest BCUT2D eigenvalue weighted by molar-refractivity contribution is -0.114. The van der Waals surface area contributed by atoms with Gasteiger partial charge in [-0.25, -0.2) is 9.37 Å². The molecule has 0 aliphatic carbocycles. The van der Waals surface area contributed by atoms with E-state index in [1.165, 1.54) is 47.0 Å². The van der Waals surface area contributed by atoms with E-state index in [4.69, 9.17) is 0 Å². The summed E-state index contributed by atoms with van der Waals surface area (Å²) in [4.78, 5) is 34.7. The van der Waals surface area contributed by atoms with Crippen molar-refractivity contribution >= 4 is 79.2 Å². The first-order valence-electron chi connectivity index (χ1n) is 10.9. The number of thioether (sulfide) groups is 2. The molecule has 180 valence electrons. The number of nitrogens with zero attached hydrogens (tertiary/aromatic N) is 2. The van der Waals surface area contributed by atoms with E-state index >= 15 is 0 Å². The predicted octanol–water partition coefficient (Wildman–Crippen LogP) is 6.45. The van der Waals surface area contributed by atoms with E-state index in [9.17, 15) is 14.0 Å². The monoisotopic (exact) mass is 534 g/mol. The topological polar surface area (TPSA) is 84.0 Å². The van der Waals surface area contributed by atoms with Crippen LogP contribution in [-0.2, 0) is 9.59 Å². The van der Waals surface area contributed by atoms with Crippen LogP contribution in [-0.4, -0.2) is 33.3 Å². The Labute approximate surface area is 218 Å². The molecule has 6 nitrogen and oxygen atoms in total. The molecule has 3 aromatic carbocycles. The van der Waals surface area contributed by atoms with Crippen molar-refractivity contribution in [2.75, 3.05) is 22.1 Å². The van der Waals surface area contributed by atoms with Crippen LogP contribution >= 0.6 is 34.9 Å². The van der Waals surface area contributed by atoms with Gasteiger partial charge < -0.3 is 10.6 Å². The molecule has 2 heterocycles. The summed E-state index contributed by atoms with van der Waals surface area (Å²) in [6.45, 7) is 0. The fraction of sp³-hybridized carbons (Fsp3) is 0.0769. The van der Waals surface area contributed by atoms with Crippen molar-refractivity contribution in [3.63, 3.8) is 0 Å². The van der Waals surface area contributed by atoms with Gasteiger partial charge in [-0.1, -0.05) is 42.1 Å². The molecule has 0 aliphatic rings. The number of carbonyl (C=O) groups is 2. The van der Waals surface area contributed by atoms with Gasteiger partial charge in [-0.15, -0.1) is 23.1 Å². The minimum absolute atomic E-state index is 0.109. The minimum atomic E-state index is -0.474. The number of nitrogens with one attached hydrogen (secondary N) is 2. The predicted molar refractivity (Wildman–Crippen MR) is 146 cm³/mol. The molecule has 0 atom stereocenters. The highest BCUT2D eigenvalue weighted by atomic mass is 32.2. The zero-order valence-corrected chi connectivity index (χ0v) is 21.2. The Balaban J connectivity index is 1.17. The number of fused-ring (bicyclic) bond motifs is 2. The highest BCUT2D eigenvalue weighted by molar-refractivity contribution is 8.01. The molecule has 36 heavy (non-hydrogen) atoms. The van der Waals surface area contributed by atoms with Crippen molar-refractivity contribution in [2.24, 2.45) is 0 Å². The number of anilines is 2. The summed E-state index contributed by atoms with van der Waals surface area (Å²) in [5, 5.41) is 6.54. The molecular weight excluding hydrogens is 516 g/mol. The molecule has 10 heteroatoms. The number of rotatable bonds is 8. The summed E-state index contributed by atoms with van der Waals surface area (Å²) >= 11 is 4.16. The molecule has 0 radical (unpaired) electrons. The Morgan fingerprint density at radius 2 is 1.69 bits per heavy atom. The van der Waals surface area contributed by atoms with Crippen LogP contribution in [0.1, 0.15) is 0 Å². The molecule has 0 bridgehead atoms. The number of hydrogen-bond acceptors (Lipinski definition) is 7. The molecule has 0 saturated heterocycles. The van der Waals surface area contributed by atoms with E-state index < -0.39 is 5.82 Å². The van der Waals surface area contributed by atoms with E-state index in [1.807, 2.05) is 48.5 Å². The Kier molecular flexibility index (Phi) is 7.45. The zero-order chi connectivity index (χ0) is 24.9. The summed E-state index contributed by atoms with van der Waals surface area (Å²) in [6.07, 6.45) is 1.75. The van der Waals surface area contributed by atoms with Crippen molar-refractivity contribution < 1.29 is 14.0 Å². The first kappa shape index (κ1) is 24.2. The number of halogens is 1. The van der Waals surface area contributed by atoms with Gasteiger partial charge in [0, 0.05) is 22.2 Å². The molecule has 0 saturated carbocycles. The third-order valence-electron chi connectivity index (χ3n) is 5.08. The normalized spacial score (nSPS) is 11.0. The number of hydrogen-bond donors (Lipinski definition) is 2. The molecule has 2 aromatic heterocycles. The van der Waals surface area contributed by atoms with Crippen LogP contribution in [0.5, 0.6) is 0 Å². The van der Waals surface area contributed by atoms with E-state index in [0.29, 0.717) is 5.69 Å². The second-order valence-corrected chi connectivity index (χ2v) is 10.9. The second kappa shape index (κ2) is 11.1.